The van der Waals surface area contributed by atoms with Gasteiger partial charge in [-0.05, 0) is 47.5 Å². The molecule has 0 saturated carbocycles. The number of benzene rings is 1. The molecule has 2 atom stereocenters. The molecule has 0 fully saturated rings. The zero-order valence-corrected chi connectivity index (χ0v) is 12.2. The number of hydrogen-bond acceptors (Lipinski definition) is 2. The fourth-order valence-electron chi connectivity index (χ4n) is 1.48. The number of carbonyl (C=O) groups is 2. The maximum atomic E-state index is 13.3. The summed E-state index contributed by atoms with van der Waals surface area (Å²) in [5.74, 6) is -2.41. The number of carboxylic acids is 1. The minimum absolute atomic E-state index is 0.0148. The van der Waals surface area contributed by atoms with Crippen LogP contribution in [0.1, 0.15) is 19.4 Å². The topological polar surface area (TPSA) is 66.4 Å². The lowest BCUT2D eigenvalue weighted by Gasteiger charge is -2.17. The van der Waals surface area contributed by atoms with E-state index in [0.29, 0.717) is 10.0 Å². The average molecular weight is 332 g/mol. The molecule has 0 heterocycles. The molecule has 2 unspecified atom stereocenters. The summed E-state index contributed by atoms with van der Waals surface area (Å²) in [4.78, 5) is 22.5. The Morgan fingerprint density at radius 3 is 2.58 bits per heavy atom. The Balaban J connectivity index is 2.60. The molecule has 19 heavy (non-hydrogen) atoms. The van der Waals surface area contributed by atoms with Gasteiger partial charge in [0.25, 0.3) is 0 Å². The predicted molar refractivity (Wildman–Crippen MR) is 72.2 cm³/mol. The summed E-state index contributed by atoms with van der Waals surface area (Å²) in [5, 5.41) is 11.4. The smallest absolute Gasteiger partial charge is 0.308 e. The highest BCUT2D eigenvalue weighted by Gasteiger charge is 2.20. The van der Waals surface area contributed by atoms with Crippen LogP contribution in [-0.2, 0) is 16.0 Å². The quantitative estimate of drug-likeness (QED) is 0.870. The van der Waals surface area contributed by atoms with Crippen LogP contribution in [0.25, 0.3) is 0 Å². The molecule has 0 saturated heterocycles. The normalized spacial score (nSPS) is 13.7. The Kier molecular flexibility index (Phi) is 5.47. The molecule has 2 N–H and O–H groups in total. The number of nitrogens with one attached hydrogen (secondary N) is 1. The fraction of sp³-hybridized carbons (Fsp3) is 0.385. The van der Waals surface area contributed by atoms with Gasteiger partial charge < -0.3 is 10.4 Å². The van der Waals surface area contributed by atoms with Crippen molar-refractivity contribution >= 4 is 27.8 Å². The third kappa shape index (κ3) is 4.63. The van der Waals surface area contributed by atoms with Crippen molar-refractivity contribution in [2.45, 2.75) is 26.3 Å². The highest BCUT2D eigenvalue weighted by Crippen LogP contribution is 2.16. The summed E-state index contributed by atoms with van der Waals surface area (Å²) in [6, 6.07) is 3.96. The molecule has 0 aliphatic heterocycles. The van der Waals surface area contributed by atoms with Gasteiger partial charge in [-0.15, -0.1) is 0 Å². The minimum atomic E-state index is -0.970. The van der Waals surface area contributed by atoms with E-state index in [9.17, 15) is 14.0 Å². The van der Waals surface area contributed by atoms with Gasteiger partial charge in [0.1, 0.15) is 5.82 Å². The molecule has 0 radical (unpaired) electrons. The summed E-state index contributed by atoms with van der Waals surface area (Å²) in [5.41, 5.74) is 0.536. The van der Waals surface area contributed by atoms with Crippen LogP contribution in [0.4, 0.5) is 4.39 Å². The van der Waals surface area contributed by atoms with Gasteiger partial charge in [0, 0.05) is 6.04 Å². The molecule has 6 heteroatoms. The third-order valence-electron chi connectivity index (χ3n) is 2.88. The highest BCUT2D eigenvalue weighted by atomic mass is 79.9. The SMILES string of the molecule is CC(NC(=O)Cc1ccc(Br)c(F)c1)C(C)C(=O)O. The van der Waals surface area contributed by atoms with Crippen LogP contribution in [0.5, 0.6) is 0 Å². The Morgan fingerprint density at radius 1 is 1.42 bits per heavy atom. The number of aliphatic carboxylic acids is 1. The van der Waals surface area contributed by atoms with Gasteiger partial charge in [-0.1, -0.05) is 6.07 Å². The van der Waals surface area contributed by atoms with E-state index in [2.05, 4.69) is 21.2 Å². The molecule has 4 nitrogen and oxygen atoms in total. The van der Waals surface area contributed by atoms with E-state index in [0.717, 1.165) is 0 Å². The number of hydrogen-bond donors (Lipinski definition) is 2. The molecule has 0 spiro atoms. The summed E-state index contributed by atoms with van der Waals surface area (Å²) in [6.07, 6.45) is 0.0148. The second-order valence-electron chi connectivity index (χ2n) is 4.41. The summed E-state index contributed by atoms with van der Waals surface area (Å²) in [6.45, 7) is 3.14. The van der Waals surface area contributed by atoms with E-state index < -0.39 is 23.7 Å². The summed E-state index contributed by atoms with van der Waals surface area (Å²) in [7, 11) is 0. The average Bonchev–Trinajstić information content (AvgIpc) is 2.32. The van der Waals surface area contributed by atoms with Crippen molar-refractivity contribution in [3.8, 4) is 0 Å². The predicted octanol–water partition coefficient (Wildman–Crippen LogP) is 2.36. The van der Waals surface area contributed by atoms with Crippen molar-refractivity contribution in [2.24, 2.45) is 5.92 Å². The first-order chi connectivity index (χ1) is 8.81. The lowest BCUT2D eigenvalue weighted by molar-refractivity contribution is -0.142. The maximum Gasteiger partial charge on any atom is 0.308 e. The van der Waals surface area contributed by atoms with Gasteiger partial charge >= 0.3 is 5.97 Å². The number of carbonyl (C=O) groups excluding carboxylic acids is 1. The Bertz CT molecular complexity index is 493. The van der Waals surface area contributed by atoms with Crippen LogP contribution in [0.2, 0.25) is 0 Å². The van der Waals surface area contributed by atoms with E-state index >= 15 is 0 Å². The lowest BCUT2D eigenvalue weighted by Crippen LogP contribution is -2.40. The Hall–Kier alpha value is -1.43. The van der Waals surface area contributed by atoms with E-state index in [1.54, 1.807) is 13.0 Å². The van der Waals surface area contributed by atoms with Gasteiger partial charge in [-0.3, -0.25) is 9.59 Å². The first kappa shape index (κ1) is 15.6. The molecular weight excluding hydrogens is 317 g/mol. The number of amides is 1. The van der Waals surface area contributed by atoms with Crippen molar-refractivity contribution < 1.29 is 19.1 Å². The van der Waals surface area contributed by atoms with E-state index in [-0.39, 0.29) is 12.3 Å². The molecule has 1 amide bonds. The van der Waals surface area contributed by atoms with E-state index in [4.69, 9.17) is 5.11 Å². The van der Waals surface area contributed by atoms with Crippen molar-refractivity contribution in [3.63, 3.8) is 0 Å². The van der Waals surface area contributed by atoms with Gasteiger partial charge in [-0.2, -0.15) is 0 Å². The van der Waals surface area contributed by atoms with Crippen LogP contribution in [0.15, 0.2) is 22.7 Å². The van der Waals surface area contributed by atoms with Crippen LogP contribution in [0.3, 0.4) is 0 Å². The first-order valence-corrected chi connectivity index (χ1v) is 6.56. The van der Waals surface area contributed by atoms with Crippen molar-refractivity contribution in [1.29, 1.82) is 0 Å². The summed E-state index contributed by atoms with van der Waals surface area (Å²) >= 11 is 3.03. The highest BCUT2D eigenvalue weighted by molar-refractivity contribution is 9.10. The van der Waals surface area contributed by atoms with Crippen LogP contribution < -0.4 is 5.32 Å². The fourth-order valence-corrected chi connectivity index (χ4v) is 1.73. The summed E-state index contributed by atoms with van der Waals surface area (Å²) < 4.78 is 13.6. The van der Waals surface area contributed by atoms with Crippen molar-refractivity contribution in [3.05, 3.63) is 34.1 Å². The monoisotopic (exact) mass is 331 g/mol. The minimum Gasteiger partial charge on any atom is -0.481 e. The standard InChI is InChI=1S/C13H15BrFNO3/c1-7(13(18)19)8(2)16-12(17)6-9-3-4-10(14)11(15)5-9/h3-5,7-8H,6H2,1-2H3,(H,16,17)(H,18,19). The number of rotatable bonds is 5. The largest absolute Gasteiger partial charge is 0.481 e. The van der Waals surface area contributed by atoms with Crippen molar-refractivity contribution in [1.82, 2.24) is 5.32 Å². The molecule has 1 rings (SSSR count). The molecule has 1 aromatic rings. The van der Waals surface area contributed by atoms with Gasteiger partial charge in [0.15, 0.2) is 0 Å². The zero-order valence-electron chi connectivity index (χ0n) is 10.6. The third-order valence-corrected chi connectivity index (χ3v) is 3.52. The number of carboxylic acid groups (broad SMARTS) is 1. The van der Waals surface area contributed by atoms with Crippen LogP contribution in [0, 0.1) is 11.7 Å². The Labute approximate surface area is 119 Å². The first-order valence-electron chi connectivity index (χ1n) is 5.77. The zero-order chi connectivity index (χ0) is 14.6. The molecular formula is C13H15BrFNO3. The van der Waals surface area contributed by atoms with Gasteiger partial charge in [-0.25, -0.2) is 4.39 Å². The second kappa shape index (κ2) is 6.65. The maximum absolute atomic E-state index is 13.3. The second-order valence-corrected chi connectivity index (χ2v) is 5.26. The molecule has 1 aromatic carbocycles. The molecule has 0 aromatic heterocycles. The lowest BCUT2D eigenvalue weighted by atomic mass is 10.0. The molecule has 104 valence electrons. The van der Waals surface area contributed by atoms with Crippen LogP contribution >= 0.6 is 15.9 Å². The molecule has 0 aliphatic carbocycles. The van der Waals surface area contributed by atoms with Gasteiger partial charge in [0.2, 0.25) is 5.91 Å². The van der Waals surface area contributed by atoms with E-state index in [1.807, 2.05) is 0 Å². The molecule has 0 aliphatic rings. The molecule has 0 bridgehead atoms. The van der Waals surface area contributed by atoms with Gasteiger partial charge in [0.05, 0.1) is 16.8 Å². The van der Waals surface area contributed by atoms with Crippen LogP contribution in [-0.4, -0.2) is 23.0 Å². The Morgan fingerprint density at radius 2 is 2.05 bits per heavy atom. The number of halogens is 2. The van der Waals surface area contributed by atoms with E-state index in [1.165, 1.54) is 19.1 Å². The van der Waals surface area contributed by atoms with Crippen molar-refractivity contribution in [2.75, 3.05) is 0 Å².